The zero-order chi connectivity index (χ0) is 24.3. The molecule has 7 nitrogen and oxygen atoms in total. The maximum atomic E-state index is 12.5. The molecule has 0 unspecified atom stereocenters. The second-order valence-corrected chi connectivity index (χ2v) is 13.2. The van der Waals surface area contributed by atoms with Gasteiger partial charge >= 0.3 is 14.0 Å². The van der Waals surface area contributed by atoms with Crippen molar-refractivity contribution in [3.05, 3.63) is 95.5 Å². The topological polar surface area (TPSA) is 86.4 Å². The second kappa shape index (κ2) is 9.15. The Balaban J connectivity index is 1.78. The molecule has 8 heteroatoms. The number of benzene rings is 2. The third-order valence-electron chi connectivity index (χ3n) is 5.58. The highest BCUT2D eigenvalue weighted by molar-refractivity contribution is 7.00. The van der Waals surface area contributed by atoms with Crippen molar-refractivity contribution in [1.29, 1.82) is 0 Å². The number of carbonyl (C=O) groups is 1. The van der Waals surface area contributed by atoms with Crippen molar-refractivity contribution in [1.82, 2.24) is 9.55 Å². The number of amides is 1. The standard InChI is InChI=1S/C26H27N3O4Si/c1-19(30)27-22-17-18-29(25(31)28-22)23-15-16-24(32-23)33-34(26(2,3)4,20-11-7-5-8-12-20)21-13-9-6-10-14-21/h5-18H,1-4H3,(H,27,28,30,31). The molecule has 0 radical (unpaired) electrons. The van der Waals surface area contributed by atoms with Gasteiger partial charge in [-0.15, -0.1) is 0 Å². The molecular formula is C26H27N3O4Si. The molecule has 0 aliphatic carbocycles. The van der Waals surface area contributed by atoms with E-state index in [-0.39, 0.29) is 22.6 Å². The largest absolute Gasteiger partial charge is 0.509 e. The van der Waals surface area contributed by atoms with Crippen molar-refractivity contribution < 1.29 is 13.6 Å². The Kier molecular flexibility index (Phi) is 6.26. The number of furan rings is 1. The average Bonchev–Trinajstić information content (AvgIpc) is 3.25. The van der Waals surface area contributed by atoms with Gasteiger partial charge < -0.3 is 14.2 Å². The van der Waals surface area contributed by atoms with Crippen LogP contribution in [0, 0.1) is 0 Å². The van der Waals surface area contributed by atoms with Gasteiger partial charge in [0.15, 0.2) is 0 Å². The molecule has 1 amide bonds. The van der Waals surface area contributed by atoms with Crippen LogP contribution in [0.15, 0.2) is 94.3 Å². The third kappa shape index (κ3) is 4.45. The summed E-state index contributed by atoms with van der Waals surface area (Å²) in [6, 6.07) is 25.4. The summed E-state index contributed by atoms with van der Waals surface area (Å²) in [5, 5.41) is 4.50. The molecule has 0 spiro atoms. The summed E-state index contributed by atoms with van der Waals surface area (Å²) in [5.74, 6) is 0.481. The van der Waals surface area contributed by atoms with Crippen LogP contribution in [-0.4, -0.2) is 23.8 Å². The molecule has 34 heavy (non-hydrogen) atoms. The number of hydrogen-bond donors (Lipinski definition) is 1. The van der Waals surface area contributed by atoms with E-state index in [9.17, 15) is 9.59 Å². The molecular weight excluding hydrogens is 446 g/mol. The van der Waals surface area contributed by atoms with Gasteiger partial charge in [-0.2, -0.15) is 4.98 Å². The van der Waals surface area contributed by atoms with Crippen LogP contribution in [0.2, 0.25) is 5.04 Å². The smallest absolute Gasteiger partial charge is 0.356 e. The molecule has 174 valence electrons. The molecule has 0 saturated heterocycles. The van der Waals surface area contributed by atoms with E-state index >= 15 is 0 Å². The van der Waals surface area contributed by atoms with Crippen molar-refractivity contribution in [3.8, 4) is 11.8 Å². The van der Waals surface area contributed by atoms with Crippen LogP contribution in [-0.2, 0) is 4.79 Å². The molecule has 0 saturated carbocycles. The molecule has 4 rings (SSSR count). The summed E-state index contributed by atoms with van der Waals surface area (Å²) in [6.07, 6.45) is 1.51. The molecule has 0 aliphatic heterocycles. The summed E-state index contributed by atoms with van der Waals surface area (Å²) < 4.78 is 14.1. The van der Waals surface area contributed by atoms with Gasteiger partial charge in [0.05, 0.1) is 0 Å². The molecule has 0 aliphatic rings. The van der Waals surface area contributed by atoms with Crippen LogP contribution in [0.4, 0.5) is 5.82 Å². The lowest BCUT2D eigenvalue weighted by atomic mass is 10.2. The number of rotatable bonds is 6. The van der Waals surface area contributed by atoms with Gasteiger partial charge in [0.2, 0.25) is 11.8 Å². The highest BCUT2D eigenvalue weighted by Crippen LogP contribution is 2.38. The monoisotopic (exact) mass is 473 g/mol. The van der Waals surface area contributed by atoms with E-state index in [1.165, 1.54) is 23.8 Å². The van der Waals surface area contributed by atoms with Crippen LogP contribution in [0.1, 0.15) is 27.7 Å². The van der Waals surface area contributed by atoms with Crippen LogP contribution in [0.3, 0.4) is 0 Å². The fourth-order valence-corrected chi connectivity index (χ4v) is 8.46. The summed E-state index contributed by atoms with van der Waals surface area (Å²) in [4.78, 5) is 27.7. The van der Waals surface area contributed by atoms with E-state index in [1.54, 1.807) is 12.1 Å². The van der Waals surface area contributed by atoms with E-state index < -0.39 is 14.0 Å². The lowest BCUT2D eigenvalue weighted by Crippen LogP contribution is -2.68. The predicted molar refractivity (Wildman–Crippen MR) is 135 cm³/mol. The first-order chi connectivity index (χ1) is 16.2. The number of aromatic nitrogens is 2. The molecule has 0 fully saturated rings. The van der Waals surface area contributed by atoms with E-state index in [4.69, 9.17) is 8.84 Å². The molecule has 2 aromatic carbocycles. The Morgan fingerprint density at radius 3 is 2.03 bits per heavy atom. The predicted octanol–water partition coefficient (Wildman–Crippen LogP) is 3.72. The first kappa shape index (κ1) is 23.3. The maximum absolute atomic E-state index is 12.5. The Morgan fingerprint density at radius 2 is 1.53 bits per heavy atom. The zero-order valence-electron chi connectivity index (χ0n) is 19.6. The quantitative estimate of drug-likeness (QED) is 0.431. The Labute approximate surface area is 199 Å². The van der Waals surface area contributed by atoms with E-state index in [0.29, 0.717) is 5.95 Å². The molecule has 1 N–H and O–H groups in total. The molecule has 4 aromatic rings. The molecule has 0 atom stereocenters. The van der Waals surface area contributed by atoms with Gasteiger partial charge in [-0.25, -0.2) is 9.36 Å². The minimum absolute atomic E-state index is 0.184. The van der Waals surface area contributed by atoms with Gasteiger partial charge in [0.25, 0.3) is 5.95 Å². The Bertz CT molecular complexity index is 1300. The van der Waals surface area contributed by atoms with Crippen LogP contribution in [0.5, 0.6) is 5.95 Å². The highest BCUT2D eigenvalue weighted by atomic mass is 28.4. The number of nitrogens with one attached hydrogen (secondary N) is 1. The van der Waals surface area contributed by atoms with Crippen molar-refractivity contribution in [2.45, 2.75) is 32.7 Å². The summed E-state index contributed by atoms with van der Waals surface area (Å²) in [5.41, 5.74) is -0.572. The number of hydrogen-bond acceptors (Lipinski definition) is 5. The van der Waals surface area contributed by atoms with Crippen molar-refractivity contribution in [2.24, 2.45) is 0 Å². The average molecular weight is 474 g/mol. The van der Waals surface area contributed by atoms with Crippen LogP contribution >= 0.6 is 0 Å². The number of nitrogens with zero attached hydrogens (tertiary/aromatic N) is 2. The van der Waals surface area contributed by atoms with Gasteiger partial charge in [0.1, 0.15) is 5.82 Å². The highest BCUT2D eigenvalue weighted by Gasteiger charge is 2.52. The first-order valence-electron chi connectivity index (χ1n) is 11.0. The molecule has 2 heterocycles. The SMILES string of the molecule is CC(=O)Nc1ccn(-c2ccc(O[Si](c3ccccc3)(c3ccccc3)C(C)(C)C)o2)c(=O)n1. The normalized spacial score (nSPS) is 11.8. The fraction of sp³-hybridized carbons (Fsp3) is 0.192. The van der Waals surface area contributed by atoms with Crippen LogP contribution < -0.4 is 25.8 Å². The van der Waals surface area contributed by atoms with Gasteiger partial charge in [-0.1, -0.05) is 81.4 Å². The summed E-state index contributed by atoms with van der Waals surface area (Å²) in [6.45, 7) is 7.89. The molecule has 2 aromatic heterocycles. The lowest BCUT2D eigenvalue weighted by Gasteiger charge is -2.42. The van der Waals surface area contributed by atoms with Crippen molar-refractivity contribution in [2.75, 3.05) is 5.32 Å². The number of anilines is 1. The zero-order valence-corrected chi connectivity index (χ0v) is 20.6. The van der Waals surface area contributed by atoms with Crippen LogP contribution in [0.25, 0.3) is 5.88 Å². The van der Waals surface area contributed by atoms with E-state index in [1.807, 2.05) is 36.4 Å². The van der Waals surface area contributed by atoms with Crippen molar-refractivity contribution >= 4 is 30.4 Å². The minimum atomic E-state index is -2.86. The minimum Gasteiger partial charge on any atom is -0.509 e. The third-order valence-corrected chi connectivity index (χ3v) is 10.5. The Hall–Kier alpha value is -3.91. The van der Waals surface area contributed by atoms with E-state index in [0.717, 1.165) is 10.4 Å². The van der Waals surface area contributed by atoms with E-state index in [2.05, 4.69) is 55.3 Å². The van der Waals surface area contributed by atoms with Gasteiger partial charge in [-0.05, 0) is 21.5 Å². The number of carbonyl (C=O) groups excluding carboxylic acids is 1. The molecule has 0 bridgehead atoms. The summed E-state index contributed by atoms with van der Waals surface area (Å²) in [7, 11) is -2.86. The Morgan fingerprint density at radius 1 is 0.941 bits per heavy atom. The fourth-order valence-electron chi connectivity index (χ4n) is 4.12. The second-order valence-electron chi connectivity index (χ2n) is 9.00. The van der Waals surface area contributed by atoms with Gasteiger partial charge in [-0.3, -0.25) is 4.79 Å². The maximum Gasteiger partial charge on any atom is 0.356 e. The first-order valence-corrected chi connectivity index (χ1v) is 12.9. The van der Waals surface area contributed by atoms with Crippen molar-refractivity contribution in [3.63, 3.8) is 0 Å². The lowest BCUT2D eigenvalue weighted by molar-refractivity contribution is -0.114. The summed E-state index contributed by atoms with van der Waals surface area (Å²) >= 11 is 0. The van der Waals surface area contributed by atoms with Gasteiger partial charge in [0, 0.05) is 25.3 Å².